The normalized spacial score (nSPS) is 19.6. The van der Waals surface area contributed by atoms with Gasteiger partial charge in [0.2, 0.25) is 0 Å². The van der Waals surface area contributed by atoms with Crippen molar-refractivity contribution in [2.45, 2.75) is 19.4 Å². The van der Waals surface area contributed by atoms with Crippen LogP contribution in [0, 0.1) is 5.92 Å². The molecule has 1 N–H and O–H groups in total. The molecule has 0 aliphatic carbocycles. The van der Waals surface area contributed by atoms with E-state index in [0.717, 1.165) is 6.42 Å². The summed E-state index contributed by atoms with van der Waals surface area (Å²) >= 11 is 6.42. The van der Waals surface area contributed by atoms with Crippen LogP contribution >= 0.6 is 11.6 Å². The topological polar surface area (TPSA) is 114 Å². The lowest BCUT2D eigenvalue weighted by atomic mass is 10.0. The second kappa shape index (κ2) is 9.76. The number of ether oxygens (including phenoxy) is 1. The summed E-state index contributed by atoms with van der Waals surface area (Å²) in [5.74, 6) is 1.26. The fourth-order valence-corrected chi connectivity index (χ4v) is 6.14. The maximum atomic E-state index is 13.9. The van der Waals surface area contributed by atoms with Gasteiger partial charge in [-0.25, -0.2) is 14.5 Å². The Morgan fingerprint density at radius 3 is 2.70 bits per heavy atom. The van der Waals surface area contributed by atoms with Crippen molar-refractivity contribution in [3.8, 4) is 5.69 Å². The van der Waals surface area contributed by atoms with Crippen molar-refractivity contribution in [1.29, 1.82) is 0 Å². The molecule has 11 nitrogen and oxygen atoms in total. The first-order valence-corrected chi connectivity index (χ1v) is 13.7. The Kier molecular flexibility index (Phi) is 6.05. The molecular weight excluding hydrogens is 532 g/mol. The molecule has 0 radical (unpaired) electrons. The third-order valence-corrected chi connectivity index (χ3v) is 8.20. The lowest BCUT2D eigenvalue weighted by molar-refractivity contribution is 0.0304. The van der Waals surface area contributed by atoms with Crippen LogP contribution in [0.15, 0.2) is 59.9 Å². The molecule has 2 saturated heterocycles. The lowest BCUT2D eigenvalue weighted by Gasteiger charge is -2.30. The van der Waals surface area contributed by atoms with Crippen molar-refractivity contribution in [3.05, 3.63) is 81.9 Å². The molecule has 12 heteroatoms. The molecule has 0 saturated carbocycles. The monoisotopic (exact) mass is 558 g/mol. The fraction of sp³-hybridized carbons (Fsp3) is 0.321. The highest BCUT2D eigenvalue weighted by molar-refractivity contribution is 6.33. The summed E-state index contributed by atoms with van der Waals surface area (Å²) in [7, 11) is 0. The molecule has 7 rings (SSSR count). The summed E-state index contributed by atoms with van der Waals surface area (Å²) in [5.41, 5.74) is 1.88. The van der Waals surface area contributed by atoms with E-state index < -0.39 is 0 Å². The number of aromatic nitrogens is 6. The number of anilines is 1. The van der Waals surface area contributed by atoms with E-state index in [1.807, 2.05) is 30.3 Å². The number of aromatic amines is 1. The van der Waals surface area contributed by atoms with Gasteiger partial charge in [0.25, 0.3) is 11.5 Å². The quantitative estimate of drug-likeness (QED) is 0.359. The molecule has 2 aliphatic heterocycles. The minimum Gasteiger partial charge on any atom is -0.378 e. The molecule has 204 valence electrons. The van der Waals surface area contributed by atoms with Crippen LogP contribution in [0.25, 0.3) is 22.2 Å². The third-order valence-electron chi connectivity index (χ3n) is 7.89. The zero-order valence-electron chi connectivity index (χ0n) is 21.8. The average Bonchev–Trinajstić information content (AvgIpc) is 3.70. The van der Waals surface area contributed by atoms with Crippen molar-refractivity contribution in [1.82, 2.24) is 34.0 Å². The van der Waals surface area contributed by atoms with Gasteiger partial charge in [-0.2, -0.15) is 5.10 Å². The molecule has 40 heavy (non-hydrogen) atoms. The van der Waals surface area contributed by atoms with E-state index in [4.69, 9.17) is 26.4 Å². The number of nitrogens with zero attached hydrogens (tertiary/aromatic N) is 7. The van der Waals surface area contributed by atoms with Gasteiger partial charge < -0.3 is 19.5 Å². The zero-order chi connectivity index (χ0) is 27.4. The number of carbonyl (C=O) groups is 1. The molecule has 5 aromatic rings. The summed E-state index contributed by atoms with van der Waals surface area (Å²) in [5, 5.41) is 5.97. The number of hydrogen-bond donors (Lipinski definition) is 1. The van der Waals surface area contributed by atoms with E-state index in [0.29, 0.717) is 77.3 Å². The number of nitrogens with one attached hydrogen (secondary N) is 1. The fourth-order valence-electron chi connectivity index (χ4n) is 5.91. The standard InChI is InChI=1S/C28H27ClN8O3/c1-17-7-9-35(25-21-19(15-30-24(21)31-16-32-25)27(38)34-11-13-40-14-12-34)22(17)26-33-36-10-8-20(29)23(36)28(39)37(26)18-5-3-2-4-6-18/h2-6,8,10,15-17,22H,7,9,11-14H2,1H3,(H,30,31,32)/t17-,22-/m0/s1. The molecular formula is C28H27ClN8O3. The molecule has 0 bridgehead atoms. The lowest BCUT2D eigenvalue weighted by Crippen LogP contribution is -2.40. The Bertz CT molecular complexity index is 1790. The van der Waals surface area contributed by atoms with E-state index in [2.05, 4.69) is 21.8 Å². The molecule has 1 aromatic carbocycles. The van der Waals surface area contributed by atoms with Crippen LogP contribution in [0.1, 0.15) is 35.6 Å². The van der Waals surface area contributed by atoms with E-state index in [9.17, 15) is 9.59 Å². The predicted molar refractivity (Wildman–Crippen MR) is 150 cm³/mol. The first kappa shape index (κ1) is 24.8. The van der Waals surface area contributed by atoms with E-state index in [-0.39, 0.29) is 23.4 Å². The van der Waals surface area contributed by atoms with E-state index in [1.54, 1.807) is 32.4 Å². The Labute approximate surface area is 234 Å². The number of amides is 1. The number of hydrogen-bond acceptors (Lipinski definition) is 7. The van der Waals surface area contributed by atoms with Crippen LogP contribution in [-0.2, 0) is 4.74 Å². The molecule has 6 heterocycles. The zero-order valence-corrected chi connectivity index (χ0v) is 22.6. The molecule has 2 fully saturated rings. The Balaban J connectivity index is 1.41. The van der Waals surface area contributed by atoms with Crippen LogP contribution in [0.3, 0.4) is 0 Å². The predicted octanol–water partition coefficient (Wildman–Crippen LogP) is 3.47. The van der Waals surface area contributed by atoms with Crippen molar-refractivity contribution in [2.24, 2.45) is 5.92 Å². The summed E-state index contributed by atoms with van der Waals surface area (Å²) in [4.78, 5) is 43.8. The maximum absolute atomic E-state index is 13.9. The van der Waals surface area contributed by atoms with Crippen LogP contribution in [0.2, 0.25) is 5.02 Å². The Hall–Kier alpha value is -4.22. The summed E-state index contributed by atoms with van der Waals surface area (Å²) < 4.78 is 8.65. The molecule has 2 aliphatic rings. The highest BCUT2D eigenvalue weighted by Gasteiger charge is 2.39. The number of halogens is 1. The van der Waals surface area contributed by atoms with Gasteiger partial charge in [0, 0.05) is 32.0 Å². The van der Waals surface area contributed by atoms with Gasteiger partial charge >= 0.3 is 0 Å². The Morgan fingerprint density at radius 1 is 1.10 bits per heavy atom. The summed E-state index contributed by atoms with van der Waals surface area (Å²) in [6, 6.07) is 10.8. The number of carbonyl (C=O) groups excluding carboxylic acids is 1. The molecule has 1 amide bonds. The number of fused-ring (bicyclic) bond motifs is 2. The highest BCUT2D eigenvalue weighted by atomic mass is 35.5. The van der Waals surface area contributed by atoms with Gasteiger partial charge in [-0.1, -0.05) is 36.7 Å². The van der Waals surface area contributed by atoms with E-state index in [1.165, 1.54) is 6.33 Å². The van der Waals surface area contributed by atoms with Crippen molar-refractivity contribution in [2.75, 3.05) is 37.7 Å². The van der Waals surface area contributed by atoms with E-state index >= 15 is 0 Å². The first-order valence-electron chi connectivity index (χ1n) is 13.3. The van der Waals surface area contributed by atoms with Gasteiger partial charge in [-0.3, -0.25) is 14.2 Å². The van der Waals surface area contributed by atoms with Crippen LogP contribution < -0.4 is 10.5 Å². The van der Waals surface area contributed by atoms with Gasteiger partial charge in [0.15, 0.2) is 5.82 Å². The molecule has 2 atom stereocenters. The number of benzene rings is 1. The SMILES string of the molecule is C[C@H]1CCN(c2ncnc3[nH]cc(C(=O)N4CCOCC4)c23)[C@@H]1c1nn2ccc(Cl)c2c(=O)n1-c1ccccc1. The Morgan fingerprint density at radius 2 is 1.90 bits per heavy atom. The minimum absolute atomic E-state index is 0.0860. The maximum Gasteiger partial charge on any atom is 0.284 e. The second-order valence-electron chi connectivity index (χ2n) is 10.2. The van der Waals surface area contributed by atoms with Crippen molar-refractivity contribution >= 4 is 39.9 Å². The van der Waals surface area contributed by atoms with Gasteiger partial charge in [0.05, 0.1) is 40.9 Å². The number of morpholine rings is 1. The number of rotatable bonds is 4. The smallest absolute Gasteiger partial charge is 0.284 e. The molecule has 0 unspecified atom stereocenters. The summed E-state index contributed by atoms with van der Waals surface area (Å²) in [6.45, 7) is 4.91. The van der Waals surface area contributed by atoms with Crippen LogP contribution in [0.4, 0.5) is 5.82 Å². The number of H-pyrrole nitrogens is 1. The van der Waals surface area contributed by atoms with Gasteiger partial charge in [0.1, 0.15) is 23.3 Å². The van der Waals surface area contributed by atoms with Crippen LogP contribution in [0.5, 0.6) is 0 Å². The van der Waals surface area contributed by atoms with Gasteiger partial charge in [-0.15, -0.1) is 0 Å². The highest BCUT2D eigenvalue weighted by Crippen LogP contribution is 2.42. The van der Waals surface area contributed by atoms with Gasteiger partial charge in [-0.05, 0) is 30.5 Å². The minimum atomic E-state index is -0.308. The third kappa shape index (κ3) is 3.88. The first-order chi connectivity index (χ1) is 19.5. The average molecular weight is 559 g/mol. The van der Waals surface area contributed by atoms with Crippen molar-refractivity contribution in [3.63, 3.8) is 0 Å². The number of para-hydroxylation sites is 1. The van der Waals surface area contributed by atoms with Crippen molar-refractivity contribution < 1.29 is 9.53 Å². The van der Waals surface area contributed by atoms with Crippen LogP contribution in [-0.4, -0.2) is 72.8 Å². The molecule has 0 spiro atoms. The largest absolute Gasteiger partial charge is 0.378 e. The summed E-state index contributed by atoms with van der Waals surface area (Å²) in [6.07, 6.45) is 5.77. The molecule has 4 aromatic heterocycles. The second-order valence-corrected chi connectivity index (χ2v) is 10.6.